The van der Waals surface area contributed by atoms with E-state index in [0.717, 1.165) is 0 Å². The third-order valence-electron chi connectivity index (χ3n) is 3.50. The molecule has 0 fully saturated rings. The molecule has 0 N–H and O–H groups in total. The molecule has 2 aromatic carbocycles. The number of hydrogen-bond donors (Lipinski definition) is 0. The van der Waals surface area contributed by atoms with Crippen molar-refractivity contribution in [1.82, 2.24) is 0 Å². The first-order chi connectivity index (χ1) is 10.9. The van der Waals surface area contributed by atoms with E-state index in [4.69, 9.17) is 0 Å². The number of rotatable bonds is 4. The van der Waals surface area contributed by atoms with Crippen LogP contribution >= 0.6 is 0 Å². The van der Waals surface area contributed by atoms with Crippen LogP contribution in [0.3, 0.4) is 0 Å². The Labute approximate surface area is 132 Å². The fourth-order valence-corrected chi connectivity index (χ4v) is 3.93. The number of fused-ring (bicyclic) bond motifs is 1. The van der Waals surface area contributed by atoms with E-state index in [0.29, 0.717) is 16.3 Å². The zero-order valence-electron chi connectivity index (χ0n) is 12.2. The maximum atomic E-state index is 13.0. The minimum Gasteiger partial charge on any atom is -0.267 e. The van der Waals surface area contributed by atoms with Crippen molar-refractivity contribution in [2.75, 3.05) is 10.8 Å². The van der Waals surface area contributed by atoms with E-state index in [1.54, 1.807) is 6.92 Å². The molecule has 1 aliphatic heterocycles. The lowest BCUT2D eigenvalue weighted by atomic mass is 10.3. The number of anilines is 1. The van der Waals surface area contributed by atoms with E-state index in [1.165, 1.54) is 52.8 Å². The Morgan fingerprint density at radius 2 is 1.83 bits per heavy atom. The molecule has 0 aliphatic carbocycles. The first kappa shape index (κ1) is 15.4. The average Bonchev–Trinajstić information content (AvgIpc) is 2.88. The maximum Gasteiger partial charge on any atom is 0.270 e. The molecule has 0 spiro atoms. The Morgan fingerprint density at radius 3 is 2.48 bits per heavy atom. The van der Waals surface area contributed by atoms with Crippen LogP contribution in [0.1, 0.15) is 6.92 Å². The molecule has 0 saturated carbocycles. The monoisotopic (exact) mass is 332 g/mol. The standard InChI is InChI=1S/C16H13FN2O3S/c1-2-19(13-5-3-12(17)4-6-13)23(21,22)14-7-8-15-11(9-14)10-16(20)18-15/h3-10H,2H2,1H3. The van der Waals surface area contributed by atoms with Crippen molar-refractivity contribution < 1.29 is 17.6 Å². The van der Waals surface area contributed by atoms with Crippen molar-refractivity contribution in [3.8, 4) is 0 Å². The van der Waals surface area contributed by atoms with E-state index in [1.807, 2.05) is 0 Å². The van der Waals surface area contributed by atoms with Gasteiger partial charge in [-0.15, -0.1) is 0 Å². The summed E-state index contributed by atoms with van der Waals surface area (Å²) in [6.07, 6.45) is 1.29. The number of carbonyl (C=O) groups is 1. The van der Waals surface area contributed by atoms with Gasteiger partial charge in [-0.25, -0.2) is 17.8 Å². The molecule has 0 aromatic heterocycles. The summed E-state index contributed by atoms with van der Waals surface area (Å²) < 4.78 is 39.9. The molecular weight excluding hydrogens is 319 g/mol. The van der Waals surface area contributed by atoms with Crippen molar-refractivity contribution in [2.45, 2.75) is 11.8 Å². The molecule has 23 heavy (non-hydrogen) atoms. The van der Waals surface area contributed by atoms with Crippen LogP contribution in [-0.4, -0.2) is 20.9 Å². The summed E-state index contributed by atoms with van der Waals surface area (Å²) >= 11 is 0. The number of nitrogens with zero attached hydrogens (tertiary/aromatic N) is 2. The summed E-state index contributed by atoms with van der Waals surface area (Å²) in [4.78, 5) is 15.1. The molecule has 0 atom stereocenters. The van der Waals surface area contributed by atoms with Crippen molar-refractivity contribution in [2.24, 2.45) is 4.99 Å². The summed E-state index contributed by atoms with van der Waals surface area (Å²) in [5.74, 6) is -0.838. The van der Waals surface area contributed by atoms with Gasteiger partial charge in [-0.1, -0.05) is 0 Å². The van der Waals surface area contributed by atoms with E-state index < -0.39 is 21.7 Å². The molecule has 1 amide bonds. The highest BCUT2D eigenvalue weighted by Gasteiger charge is 2.24. The summed E-state index contributed by atoms with van der Waals surface area (Å²) in [5, 5.41) is 0.935. The number of amides is 1. The van der Waals surface area contributed by atoms with Crippen LogP contribution in [0, 0.1) is 5.82 Å². The summed E-state index contributed by atoms with van der Waals surface area (Å²) in [6, 6.07) is 9.58. The third-order valence-corrected chi connectivity index (χ3v) is 5.40. The molecule has 0 unspecified atom stereocenters. The van der Waals surface area contributed by atoms with E-state index in [2.05, 4.69) is 4.99 Å². The van der Waals surface area contributed by atoms with E-state index >= 15 is 0 Å². The van der Waals surface area contributed by atoms with Crippen molar-refractivity contribution in [1.29, 1.82) is 0 Å². The van der Waals surface area contributed by atoms with Crippen molar-refractivity contribution in [3.63, 3.8) is 0 Å². The molecule has 1 aliphatic rings. The van der Waals surface area contributed by atoms with Gasteiger partial charge in [0.15, 0.2) is 0 Å². The fraction of sp³-hybridized carbons (Fsp3) is 0.125. The number of carbonyl (C=O) groups excluding carboxylic acids is 1. The third kappa shape index (κ3) is 2.75. The number of sulfonamides is 1. The van der Waals surface area contributed by atoms with Gasteiger partial charge < -0.3 is 0 Å². The second-order valence-corrected chi connectivity index (χ2v) is 6.82. The van der Waals surface area contributed by atoms with Crippen LogP contribution in [0.25, 0.3) is 6.08 Å². The highest BCUT2D eigenvalue weighted by molar-refractivity contribution is 7.92. The molecule has 0 radical (unpaired) electrons. The zero-order valence-corrected chi connectivity index (χ0v) is 13.0. The average molecular weight is 332 g/mol. The van der Waals surface area contributed by atoms with Crippen LogP contribution in [-0.2, 0) is 14.8 Å². The molecule has 7 heteroatoms. The lowest BCUT2D eigenvalue weighted by Gasteiger charge is -2.22. The Bertz CT molecular complexity index is 999. The van der Waals surface area contributed by atoms with Crippen LogP contribution in [0.4, 0.5) is 10.1 Å². The summed E-state index contributed by atoms with van der Waals surface area (Å²) in [6.45, 7) is 1.89. The number of hydrogen-bond acceptors (Lipinski definition) is 3. The van der Waals surface area contributed by atoms with Gasteiger partial charge in [0.05, 0.1) is 15.9 Å². The molecule has 2 aromatic rings. The molecule has 0 bridgehead atoms. The maximum absolute atomic E-state index is 13.0. The van der Waals surface area contributed by atoms with Gasteiger partial charge in [-0.3, -0.25) is 9.10 Å². The van der Waals surface area contributed by atoms with Crippen molar-refractivity contribution >= 4 is 27.7 Å². The van der Waals surface area contributed by atoms with Crippen LogP contribution in [0.5, 0.6) is 0 Å². The Balaban J connectivity index is 2.09. The smallest absolute Gasteiger partial charge is 0.267 e. The largest absolute Gasteiger partial charge is 0.270 e. The van der Waals surface area contributed by atoms with E-state index in [9.17, 15) is 17.6 Å². The summed E-state index contributed by atoms with van der Waals surface area (Å²) in [5.41, 5.74) is 0.374. The summed E-state index contributed by atoms with van der Waals surface area (Å²) in [7, 11) is -3.82. The van der Waals surface area contributed by atoms with Gasteiger partial charge in [0.25, 0.3) is 15.9 Å². The normalized spacial score (nSPS) is 13.2. The molecular formula is C16H13FN2O3S. The zero-order chi connectivity index (χ0) is 16.6. The molecule has 3 rings (SSSR count). The number of benzene rings is 2. The molecule has 1 heterocycles. The molecule has 0 saturated heterocycles. The topological polar surface area (TPSA) is 66.8 Å². The second-order valence-electron chi connectivity index (χ2n) is 4.96. The van der Waals surface area contributed by atoms with Gasteiger partial charge in [0.2, 0.25) is 0 Å². The Kier molecular flexibility index (Phi) is 3.73. The van der Waals surface area contributed by atoms with Gasteiger partial charge in [-0.05, 0) is 49.4 Å². The van der Waals surface area contributed by atoms with Gasteiger partial charge in [0, 0.05) is 17.8 Å². The molecule has 5 nitrogen and oxygen atoms in total. The van der Waals surface area contributed by atoms with E-state index in [-0.39, 0.29) is 11.4 Å². The highest BCUT2D eigenvalue weighted by atomic mass is 32.2. The Hall–Kier alpha value is -2.54. The minimum absolute atomic E-state index is 0.0589. The second kappa shape index (κ2) is 5.58. The minimum atomic E-state index is -3.82. The quantitative estimate of drug-likeness (QED) is 0.838. The van der Waals surface area contributed by atoms with Crippen LogP contribution in [0.15, 0.2) is 52.4 Å². The van der Waals surface area contributed by atoms with Crippen LogP contribution < -0.4 is 14.9 Å². The predicted molar refractivity (Wildman–Crippen MR) is 83.3 cm³/mol. The number of halogens is 1. The van der Waals surface area contributed by atoms with Gasteiger partial charge >= 0.3 is 0 Å². The predicted octanol–water partition coefficient (Wildman–Crippen LogP) is 0.981. The van der Waals surface area contributed by atoms with Gasteiger partial charge in [-0.2, -0.15) is 0 Å². The van der Waals surface area contributed by atoms with Crippen molar-refractivity contribution in [3.05, 3.63) is 58.9 Å². The Morgan fingerprint density at radius 1 is 1.13 bits per heavy atom. The molecule has 118 valence electrons. The highest BCUT2D eigenvalue weighted by Crippen LogP contribution is 2.22. The lowest BCUT2D eigenvalue weighted by Crippen LogP contribution is -2.32. The fourth-order valence-electron chi connectivity index (χ4n) is 2.42. The lowest BCUT2D eigenvalue weighted by molar-refractivity contribution is -0.112. The SMILES string of the molecule is CCN(c1ccc(F)cc1)S(=O)(=O)c1ccc2c(c1)=CC(=O)N=2. The first-order valence-electron chi connectivity index (χ1n) is 6.94. The van der Waals surface area contributed by atoms with Gasteiger partial charge in [0.1, 0.15) is 5.82 Å². The first-order valence-corrected chi connectivity index (χ1v) is 8.38. The van der Waals surface area contributed by atoms with Crippen LogP contribution in [0.2, 0.25) is 0 Å².